The zero-order valence-electron chi connectivity index (χ0n) is 21.5. The van der Waals surface area contributed by atoms with Gasteiger partial charge in [0.05, 0.1) is 11.9 Å². The number of pyridine rings is 1. The van der Waals surface area contributed by atoms with Crippen LogP contribution in [0.2, 0.25) is 0 Å². The third-order valence-electron chi connectivity index (χ3n) is 6.57. The number of carbonyl (C=O) groups excluding carboxylic acids is 1. The lowest BCUT2D eigenvalue weighted by Crippen LogP contribution is -2.54. The van der Waals surface area contributed by atoms with Gasteiger partial charge in [-0.05, 0) is 56.7 Å². The van der Waals surface area contributed by atoms with Crippen LogP contribution in [0.4, 0.5) is 17.2 Å². The first-order valence-corrected chi connectivity index (χ1v) is 14.0. The number of carbonyl (C=O) groups is 1. The number of amides is 1. The third-order valence-corrected chi connectivity index (χ3v) is 7.18. The van der Waals surface area contributed by atoms with Crippen molar-refractivity contribution < 1.29 is 13.2 Å². The van der Waals surface area contributed by atoms with Crippen LogP contribution < -0.4 is 15.0 Å². The monoisotopic (exact) mass is 513 g/mol. The van der Waals surface area contributed by atoms with E-state index in [9.17, 15) is 13.2 Å². The van der Waals surface area contributed by atoms with Crippen LogP contribution >= 0.6 is 0 Å². The van der Waals surface area contributed by atoms with E-state index in [0.29, 0.717) is 37.6 Å². The van der Waals surface area contributed by atoms with Crippen molar-refractivity contribution in [2.45, 2.75) is 32.7 Å². The van der Waals surface area contributed by atoms with Gasteiger partial charge in [0, 0.05) is 61.6 Å². The minimum atomic E-state index is -3.37. The van der Waals surface area contributed by atoms with E-state index in [0.717, 1.165) is 35.1 Å². The molecule has 0 saturated carbocycles. The number of aromatic amines is 1. The van der Waals surface area contributed by atoms with Gasteiger partial charge in [-0.15, -0.1) is 0 Å². The van der Waals surface area contributed by atoms with E-state index >= 15 is 0 Å². The molecule has 0 radical (unpaired) electrons. The van der Waals surface area contributed by atoms with Gasteiger partial charge in [-0.25, -0.2) is 18.4 Å². The molecular weight excluding hydrogens is 478 g/mol. The molecule has 3 heterocycles. The fourth-order valence-electron chi connectivity index (χ4n) is 4.23. The summed E-state index contributed by atoms with van der Waals surface area (Å²) in [5, 5.41) is 8.63. The van der Waals surface area contributed by atoms with E-state index in [1.54, 1.807) is 30.5 Å². The van der Waals surface area contributed by atoms with Gasteiger partial charge in [-0.1, -0.05) is 6.92 Å². The number of sulfonamides is 1. The van der Waals surface area contributed by atoms with Crippen LogP contribution in [0.1, 0.15) is 37.7 Å². The Balaban J connectivity index is 1.42. The lowest BCUT2D eigenvalue weighted by Gasteiger charge is -2.40. The molecule has 11 heteroatoms. The Labute approximate surface area is 212 Å². The van der Waals surface area contributed by atoms with Crippen molar-refractivity contribution in [3.63, 3.8) is 0 Å². The summed E-state index contributed by atoms with van der Waals surface area (Å²) in [5.41, 5.74) is 2.66. The lowest BCUT2D eigenvalue weighted by atomic mass is 10.0. The summed E-state index contributed by atoms with van der Waals surface area (Å²) < 4.78 is 25.5. The predicted molar refractivity (Wildman–Crippen MR) is 145 cm³/mol. The first-order chi connectivity index (χ1) is 17.0. The molecule has 10 nitrogen and oxygen atoms in total. The van der Waals surface area contributed by atoms with E-state index in [4.69, 9.17) is 0 Å². The molecule has 1 aliphatic heterocycles. The highest BCUT2D eigenvalue weighted by Gasteiger charge is 2.27. The zero-order chi connectivity index (χ0) is 26.1. The Morgan fingerprint density at radius 1 is 1.17 bits per heavy atom. The Kier molecular flexibility index (Phi) is 7.14. The van der Waals surface area contributed by atoms with Gasteiger partial charge in [0.1, 0.15) is 5.69 Å². The van der Waals surface area contributed by atoms with Crippen molar-refractivity contribution in [3.8, 4) is 0 Å². The van der Waals surface area contributed by atoms with Crippen LogP contribution in [0.15, 0.2) is 42.6 Å². The quantitative estimate of drug-likeness (QED) is 0.423. The molecule has 1 aromatic carbocycles. The molecule has 36 heavy (non-hydrogen) atoms. The Bertz CT molecular complexity index is 1340. The smallest absolute Gasteiger partial charge is 0.270 e. The van der Waals surface area contributed by atoms with Crippen LogP contribution in [-0.4, -0.2) is 79.2 Å². The van der Waals surface area contributed by atoms with E-state index in [-0.39, 0.29) is 11.4 Å². The standard InChI is InChI=1S/C25H35N7O3S/c1-6-25(2,3)28-21-8-7-11-26-23(21)30(4)32-14-12-31(13-15-32)24(33)22-17-18-16-19(29-36(5,34)35)9-10-20(18)27-22/h7-11,16-17,27-29H,6,12-15H2,1-5H3. The van der Waals surface area contributed by atoms with Gasteiger partial charge in [-0.2, -0.15) is 0 Å². The fourth-order valence-corrected chi connectivity index (χ4v) is 4.79. The van der Waals surface area contributed by atoms with Gasteiger partial charge in [0.15, 0.2) is 5.82 Å². The van der Waals surface area contributed by atoms with Gasteiger partial charge < -0.3 is 15.2 Å². The van der Waals surface area contributed by atoms with Crippen LogP contribution in [0.25, 0.3) is 10.9 Å². The van der Waals surface area contributed by atoms with Gasteiger partial charge in [0.25, 0.3) is 5.91 Å². The highest BCUT2D eigenvalue weighted by atomic mass is 32.2. The molecule has 0 spiro atoms. The largest absolute Gasteiger partial charge is 0.377 e. The second-order valence-electron chi connectivity index (χ2n) is 9.87. The van der Waals surface area contributed by atoms with Crippen molar-refractivity contribution in [3.05, 3.63) is 48.3 Å². The Morgan fingerprint density at radius 2 is 1.89 bits per heavy atom. The predicted octanol–water partition coefficient (Wildman–Crippen LogP) is 3.34. The van der Waals surface area contributed by atoms with Crippen LogP contribution in [0, 0.1) is 0 Å². The van der Waals surface area contributed by atoms with E-state index in [1.807, 2.05) is 24.1 Å². The molecule has 3 N–H and O–H groups in total. The molecular formula is C25H35N7O3S. The minimum absolute atomic E-state index is 0.0506. The Hall–Kier alpha value is -3.31. The number of benzene rings is 1. The van der Waals surface area contributed by atoms with E-state index < -0.39 is 10.0 Å². The average Bonchev–Trinajstić information content (AvgIpc) is 3.26. The number of hydrogen-bond donors (Lipinski definition) is 3. The lowest BCUT2D eigenvalue weighted by molar-refractivity contribution is 0.0623. The number of piperazine rings is 1. The van der Waals surface area contributed by atoms with Crippen molar-refractivity contribution >= 4 is 44.0 Å². The number of hydrazine groups is 1. The summed E-state index contributed by atoms with van der Waals surface area (Å²) in [4.78, 5) is 22.8. The number of H-pyrrole nitrogens is 1. The van der Waals surface area contributed by atoms with E-state index in [1.165, 1.54) is 0 Å². The number of anilines is 3. The third kappa shape index (κ3) is 5.90. The highest BCUT2D eigenvalue weighted by Crippen LogP contribution is 2.28. The summed E-state index contributed by atoms with van der Waals surface area (Å²) >= 11 is 0. The first kappa shape index (κ1) is 25.8. The SMILES string of the molecule is CCC(C)(C)Nc1cccnc1N(C)N1CCN(C(=O)c2cc3cc(NS(C)(=O)=O)ccc3[nH]2)CC1. The average molecular weight is 514 g/mol. The van der Waals surface area contributed by atoms with Gasteiger partial charge in [0.2, 0.25) is 10.0 Å². The molecule has 1 saturated heterocycles. The van der Waals surface area contributed by atoms with Crippen molar-refractivity contribution in [1.29, 1.82) is 0 Å². The van der Waals surface area contributed by atoms with Crippen molar-refractivity contribution in [2.24, 2.45) is 0 Å². The van der Waals surface area contributed by atoms with Gasteiger partial charge >= 0.3 is 0 Å². The number of fused-ring (bicyclic) bond motifs is 1. The molecule has 4 rings (SSSR count). The topological polar surface area (TPSA) is 114 Å². The van der Waals surface area contributed by atoms with Crippen molar-refractivity contribution in [2.75, 3.05) is 54.5 Å². The maximum absolute atomic E-state index is 13.2. The fraction of sp³-hybridized carbons (Fsp3) is 0.440. The van der Waals surface area contributed by atoms with Crippen LogP contribution in [-0.2, 0) is 10.0 Å². The van der Waals surface area contributed by atoms with E-state index in [2.05, 4.69) is 50.8 Å². The highest BCUT2D eigenvalue weighted by molar-refractivity contribution is 7.92. The first-order valence-electron chi connectivity index (χ1n) is 12.1. The molecule has 0 bridgehead atoms. The molecule has 0 aliphatic carbocycles. The van der Waals surface area contributed by atoms with Crippen molar-refractivity contribution in [1.82, 2.24) is 19.9 Å². The number of nitrogens with zero attached hydrogens (tertiary/aromatic N) is 4. The molecule has 3 aromatic rings. The summed E-state index contributed by atoms with van der Waals surface area (Å²) in [6, 6.07) is 10.9. The summed E-state index contributed by atoms with van der Waals surface area (Å²) in [6.07, 6.45) is 3.88. The molecule has 2 aromatic heterocycles. The minimum Gasteiger partial charge on any atom is -0.377 e. The normalized spacial score (nSPS) is 15.2. The van der Waals surface area contributed by atoms with Crippen LogP contribution in [0.3, 0.4) is 0 Å². The molecule has 1 fully saturated rings. The zero-order valence-corrected chi connectivity index (χ0v) is 22.3. The van der Waals surface area contributed by atoms with Crippen LogP contribution in [0.5, 0.6) is 0 Å². The molecule has 194 valence electrons. The summed E-state index contributed by atoms with van der Waals surface area (Å²) in [7, 11) is -1.37. The second kappa shape index (κ2) is 9.98. The molecule has 0 atom stereocenters. The second-order valence-corrected chi connectivity index (χ2v) is 11.6. The number of hydrogen-bond acceptors (Lipinski definition) is 7. The maximum atomic E-state index is 13.2. The summed E-state index contributed by atoms with van der Waals surface area (Å²) in [5.74, 6) is 0.781. The number of rotatable bonds is 8. The molecule has 1 aliphatic rings. The number of aromatic nitrogens is 2. The summed E-state index contributed by atoms with van der Waals surface area (Å²) in [6.45, 7) is 9.01. The number of nitrogens with one attached hydrogen (secondary N) is 3. The van der Waals surface area contributed by atoms with Gasteiger partial charge in [-0.3, -0.25) is 14.5 Å². The molecule has 1 amide bonds. The maximum Gasteiger partial charge on any atom is 0.270 e. The molecule has 0 unspecified atom stereocenters. The Morgan fingerprint density at radius 3 is 2.56 bits per heavy atom.